The first kappa shape index (κ1) is 27.1. The van der Waals surface area contributed by atoms with Crippen LogP contribution in [0.3, 0.4) is 0 Å². The molecule has 0 aliphatic rings. The van der Waals surface area contributed by atoms with E-state index in [1.54, 1.807) is 24.1 Å². The number of benzene rings is 2. The number of rotatable bonds is 9. The van der Waals surface area contributed by atoms with Gasteiger partial charge >= 0.3 is 5.69 Å². The van der Waals surface area contributed by atoms with Gasteiger partial charge in [-0.3, -0.25) is 14.1 Å². The summed E-state index contributed by atoms with van der Waals surface area (Å²) in [5, 5.41) is 14.3. The standard InChI is InChI=1S/C31H35N7O2/c1-6-7-9-23-20-38(28-26(31(2,3)4)10-8-11-27(28)40-5)30(39)37(23)19-21-12-14-22(15-13-21)25-18-32-17-16-24(25)29-33-35-36-34-29/h8,10-18,20H,6-7,9,19H2,1-5H3,(H,33,34,35,36). The van der Waals surface area contributed by atoms with Crippen molar-refractivity contribution < 1.29 is 4.74 Å². The van der Waals surface area contributed by atoms with Crippen molar-refractivity contribution >= 4 is 0 Å². The molecule has 0 saturated heterocycles. The lowest BCUT2D eigenvalue weighted by Crippen LogP contribution is -2.27. The second-order valence-electron chi connectivity index (χ2n) is 10.9. The Bertz CT molecular complexity index is 1640. The highest BCUT2D eigenvalue weighted by Gasteiger charge is 2.25. The number of H-pyrrole nitrogens is 1. The van der Waals surface area contributed by atoms with Gasteiger partial charge in [-0.2, -0.15) is 0 Å². The summed E-state index contributed by atoms with van der Waals surface area (Å²) in [5.41, 5.74) is 6.45. The molecule has 3 heterocycles. The molecule has 9 nitrogen and oxygen atoms in total. The molecule has 206 valence electrons. The average Bonchev–Trinajstić information content (AvgIpc) is 3.60. The zero-order chi connectivity index (χ0) is 28.3. The number of tetrazole rings is 1. The SMILES string of the molecule is CCCCc1cn(-c2c(OC)cccc2C(C)(C)C)c(=O)n1Cc1ccc(-c2cnccc2-c2nnn[nH]2)cc1. The number of pyridine rings is 1. The molecule has 0 radical (unpaired) electrons. The normalized spacial score (nSPS) is 11.6. The van der Waals surface area contributed by atoms with Gasteiger partial charge in [0.1, 0.15) is 5.75 Å². The second kappa shape index (κ2) is 11.3. The number of hydrogen-bond donors (Lipinski definition) is 1. The predicted molar refractivity (Wildman–Crippen MR) is 156 cm³/mol. The van der Waals surface area contributed by atoms with Crippen LogP contribution in [0, 0.1) is 0 Å². The van der Waals surface area contributed by atoms with E-state index in [1.165, 1.54) is 0 Å². The molecule has 40 heavy (non-hydrogen) atoms. The van der Waals surface area contributed by atoms with Crippen LogP contribution in [-0.2, 0) is 18.4 Å². The van der Waals surface area contributed by atoms with Crippen LogP contribution in [0.4, 0.5) is 0 Å². The number of hydrogen-bond acceptors (Lipinski definition) is 6. The molecule has 0 amide bonds. The lowest BCUT2D eigenvalue weighted by molar-refractivity contribution is 0.410. The smallest absolute Gasteiger partial charge is 0.333 e. The monoisotopic (exact) mass is 537 g/mol. The Labute approximate surface area is 233 Å². The number of methoxy groups -OCH3 is 1. The summed E-state index contributed by atoms with van der Waals surface area (Å²) < 4.78 is 9.40. The fourth-order valence-electron chi connectivity index (χ4n) is 5.03. The summed E-state index contributed by atoms with van der Waals surface area (Å²) in [5.74, 6) is 1.27. The fraction of sp³-hybridized carbons (Fsp3) is 0.323. The van der Waals surface area contributed by atoms with Crippen LogP contribution in [0.1, 0.15) is 57.4 Å². The summed E-state index contributed by atoms with van der Waals surface area (Å²) in [6.07, 6.45) is 8.39. The van der Waals surface area contributed by atoms with Crippen LogP contribution in [0.2, 0.25) is 0 Å². The van der Waals surface area contributed by atoms with E-state index >= 15 is 0 Å². The van der Waals surface area contributed by atoms with Gasteiger partial charge in [0, 0.05) is 35.4 Å². The highest BCUT2D eigenvalue weighted by atomic mass is 16.5. The predicted octanol–water partition coefficient (Wildman–Crippen LogP) is 5.58. The average molecular weight is 538 g/mol. The summed E-state index contributed by atoms with van der Waals surface area (Å²) in [6, 6.07) is 16.1. The number of aryl methyl sites for hydroxylation is 1. The number of nitrogens with one attached hydrogen (secondary N) is 1. The Hall–Kier alpha value is -4.53. The van der Waals surface area contributed by atoms with Crippen molar-refractivity contribution in [2.45, 2.75) is 58.9 Å². The van der Waals surface area contributed by atoms with Gasteiger partial charge in [-0.15, -0.1) is 5.10 Å². The molecule has 5 rings (SSSR count). The van der Waals surface area contributed by atoms with Gasteiger partial charge in [0.15, 0.2) is 5.82 Å². The molecule has 9 heteroatoms. The highest BCUT2D eigenvalue weighted by molar-refractivity contribution is 5.79. The van der Waals surface area contributed by atoms with Crippen molar-refractivity contribution in [1.29, 1.82) is 0 Å². The van der Waals surface area contributed by atoms with Crippen LogP contribution < -0.4 is 10.4 Å². The second-order valence-corrected chi connectivity index (χ2v) is 10.9. The third-order valence-corrected chi connectivity index (χ3v) is 7.14. The Kier molecular flexibility index (Phi) is 7.64. The van der Waals surface area contributed by atoms with Crippen molar-refractivity contribution in [3.8, 4) is 34.0 Å². The summed E-state index contributed by atoms with van der Waals surface area (Å²) in [7, 11) is 1.65. The number of imidazole rings is 1. The van der Waals surface area contributed by atoms with Crippen molar-refractivity contribution in [3.05, 3.63) is 94.4 Å². The van der Waals surface area contributed by atoms with Gasteiger partial charge in [0.05, 0.1) is 19.3 Å². The number of aromatic amines is 1. The van der Waals surface area contributed by atoms with E-state index in [9.17, 15) is 4.79 Å². The Balaban J connectivity index is 1.54. The number of aromatic nitrogens is 7. The number of ether oxygens (including phenoxy) is 1. The van der Waals surface area contributed by atoms with Crippen LogP contribution in [0.5, 0.6) is 5.75 Å². The Morgan fingerprint density at radius 1 is 1.02 bits per heavy atom. The van der Waals surface area contributed by atoms with E-state index in [2.05, 4.69) is 71.5 Å². The molecular formula is C31H35N7O2. The first-order valence-electron chi connectivity index (χ1n) is 13.6. The lowest BCUT2D eigenvalue weighted by Gasteiger charge is -2.24. The third kappa shape index (κ3) is 5.32. The van der Waals surface area contributed by atoms with E-state index in [0.29, 0.717) is 18.1 Å². The lowest BCUT2D eigenvalue weighted by atomic mass is 9.85. The first-order chi connectivity index (χ1) is 19.3. The molecule has 3 aromatic heterocycles. The van der Waals surface area contributed by atoms with Gasteiger partial charge < -0.3 is 4.74 Å². The molecule has 1 N–H and O–H groups in total. The fourth-order valence-corrected chi connectivity index (χ4v) is 5.03. The van der Waals surface area contributed by atoms with Crippen molar-refractivity contribution in [1.82, 2.24) is 34.7 Å². The van der Waals surface area contributed by atoms with Gasteiger partial charge in [-0.25, -0.2) is 9.89 Å². The van der Waals surface area contributed by atoms with Crippen LogP contribution in [-0.4, -0.2) is 41.9 Å². The minimum atomic E-state index is -0.169. The minimum Gasteiger partial charge on any atom is -0.495 e. The van der Waals surface area contributed by atoms with Gasteiger partial charge in [-0.1, -0.05) is 70.5 Å². The van der Waals surface area contributed by atoms with E-state index in [4.69, 9.17) is 4.74 Å². The number of unbranched alkanes of at least 4 members (excludes halogenated alkanes) is 1. The minimum absolute atomic E-state index is 0.0717. The highest BCUT2D eigenvalue weighted by Crippen LogP contribution is 2.34. The molecule has 0 aliphatic carbocycles. The van der Waals surface area contributed by atoms with E-state index in [1.807, 2.05) is 41.1 Å². The summed E-state index contributed by atoms with van der Waals surface area (Å²) in [6.45, 7) is 9.09. The molecule has 0 aliphatic heterocycles. The molecule has 0 unspecified atom stereocenters. The Morgan fingerprint density at radius 2 is 1.82 bits per heavy atom. The van der Waals surface area contributed by atoms with Crippen LogP contribution >= 0.6 is 0 Å². The molecule has 0 atom stereocenters. The molecule has 0 spiro atoms. The van der Waals surface area contributed by atoms with E-state index < -0.39 is 0 Å². The van der Waals surface area contributed by atoms with Gasteiger partial charge in [0.25, 0.3) is 0 Å². The van der Waals surface area contributed by atoms with Crippen molar-refractivity contribution in [2.75, 3.05) is 7.11 Å². The largest absolute Gasteiger partial charge is 0.495 e. The molecule has 2 aromatic carbocycles. The van der Waals surface area contributed by atoms with Crippen LogP contribution in [0.15, 0.2) is 71.9 Å². The summed E-state index contributed by atoms with van der Waals surface area (Å²) >= 11 is 0. The molecular weight excluding hydrogens is 502 g/mol. The van der Waals surface area contributed by atoms with Crippen molar-refractivity contribution in [3.63, 3.8) is 0 Å². The number of nitrogens with zero attached hydrogens (tertiary/aromatic N) is 6. The molecule has 0 fully saturated rings. The third-order valence-electron chi connectivity index (χ3n) is 7.14. The zero-order valence-electron chi connectivity index (χ0n) is 23.7. The number of para-hydroxylation sites is 1. The van der Waals surface area contributed by atoms with E-state index in [0.717, 1.165) is 58.5 Å². The molecule has 5 aromatic rings. The first-order valence-corrected chi connectivity index (χ1v) is 13.6. The maximum Gasteiger partial charge on any atom is 0.333 e. The maximum absolute atomic E-state index is 14.0. The topological polar surface area (TPSA) is 104 Å². The van der Waals surface area contributed by atoms with E-state index in [-0.39, 0.29) is 11.1 Å². The molecule has 0 bridgehead atoms. The maximum atomic E-state index is 14.0. The quantitative estimate of drug-likeness (QED) is 0.263. The Morgan fingerprint density at radius 3 is 2.50 bits per heavy atom. The zero-order valence-corrected chi connectivity index (χ0v) is 23.7. The van der Waals surface area contributed by atoms with Crippen molar-refractivity contribution in [2.24, 2.45) is 0 Å². The summed E-state index contributed by atoms with van der Waals surface area (Å²) in [4.78, 5) is 18.3. The van der Waals surface area contributed by atoms with Gasteiger partial charge in [0.2, 0.25) is 0 Å². The van der Waals surface area contributed by atoms with Gasteiger partial charge in [-0.05, 0) is 57.5 Å². The molecule has 0 saturated carbocycles. The van der Waals surface area contributed by atoms with Crippen LogP contribution in [0.25, 0.3) is 28.2 Å².